The number of amides is 1. The van der Waals surface area contributed by atoms with E-state index in [-0.39, 0.29) is 5.91 Å². The lowest BCUT2D eigenvalue weighted by atomic mass is 10.1. The zero-order valence-electron chi connectivity index (χ0n) is 10.9. The monoisotopic (exact) mass is 310 g/mol. The van der Waals surface area contributed by atoms with Crippen LogP contribution >= 0.6 is 15.9 Å². The van der Waals surface area contributed by atoms with Crippen LogP contribution < -0.4 is 0 Å². The Morgan fingerprint density at radius 1 is 1.28 bits per heavy atom. The van der Waals surface area contributed by atoms with Gasteiger partial charge in [-0.05, 0) is 41.0 Å². The summed E-state index contributed by atoms with van der Waals surface area (Å²) in [6.07, 6.45) is 0. The van der Waals surface area contributed by atoms with E-state index in [1.165, 1.54) is 0 Å². The molecule has 0 radical (unpaired) electrons. The molecule has 0 atom stereocenters. The van der Waals surface area contributed by atoms with E-state index in [0.29, 0.717) is 0 Å². The topological polar surface area (TPSA) is 23.6 Å². The fourth-order valence-electron chi connectivity index (χ4n) is 2.25. The Morgan fingerprint density at radius 2 is 1.94 bits per heavy atom. The summed E-state index contributed by atoms with van der Waals surface area (Å²) in [5.41, 5.74) is 1.88. The number of hydrogen-bond donors (Lipinski definition) is 0. The molecule has 0 bridgehead atoms. The lowest BCUT2D eigenvalue weighted by molar-refractivity contribution is 0.0642. The second-order valence-electron chi connectivity index (χ2n) is 4.66. The van der Waals surface area contributed by atoms with Crippen LogP contribution in [0, 0.1) is 6.92 Å². The number of rotatable bonds is 2. The van der Waals surface area contributed by atoms with Crippen LogP contribution in [-0.4, -0.2) is 48.4 Å². The number of nitrogens with zero attached hydrogens (tertiary/aromatic N) is 2. The summed E-state index contributed by atoms with van der Waals surface area (Å²) in [5, 5.41) is 0. The van der Waals surface area contributed by atoms with Crippen molar-refractivity contribution in [3.05, 3.63) is 33.8 Å². The Kier molecular flexibility index (Phi) is 4.40. The molecule has 1 aliphatic heterocycles. The number of halogens is 1. The van der Waals surface area contributed by atoms with Gasteiger partial charge in [-0.25, -0.2) is 0 Å². The van der Waals surface area contributed by atoms with E-state index in [4.69, 9.17) is 0 Å². The minimum Gasteiger partial charge on any atom is -0.336 e. The zero-order valence-corrected chi connectivity index (χ0v) is 12.5. The van der Waals surface area contributed by atoms with Crippen molar-refractivity contribution in [2.75, 3.05) is 32.7 Å². The van der Waals surface area contributed by atoms with Crippen LogP contribution in [0.4, 0.5) is 0 Å². The van der Waals surface area contributed by atoms with Gasteiger partial charge in [-0.1, -0.05) is 19.1 Å². The van der Waals surface area contributed by atoms with Gasteiger partial charge in [0.1, 0.15) is 0 Å². The van der Waals surface area contributed by atoms with E-state index < -0.39 is 0 Å². The van der Waals surface area contributed by atoms with E-state index in [1.54, 1.807) is 0 Å². The third kappa shape index (κ3) is 2.75. The van der Waals surface area contributed by atoms with Crippen LogP contribution in [0.5, 0.6) is 0 Å². The van der Waals surface area contributed by atoms with Crippen LogP contribution in [0.3, 0.4) is 0 Å². The third-order valence-electron chi connectivity index (χ3n) is 3.53. The number of carbonyl (C=O) groups is 1. The van der Waals surface area contributed by atoms with E-state index >= 15 is 0 Å². The Labute approximate surface area is 117 Å². The largest absolute Gasteiger partial charge is 0.336 e. The molecule has 0 N–H and O–H groups in total. The van der Waals surface area contributed by atoms with Crippen LogP contribution in [0.25, 0.3) is 0 Å². The molecule has 3 nitrogen and oxygen atoms in total. The second-order valence-corrected chi connectivity index (χ2v) is 5.46. The zero-order chi connectivity index (χ0) is 13.1. The normalized spacial score (nSPS) is 16.9. The van der Waals surface area contributed by atoms with Crippen molar-refractivity contribution in [1.29, 1.82) is 0 Å². The van der Waals surface area contributed by atoms with E-state index in [9.17, 15) is 4.79 Å². The summed E-state index contributed by atoms with van der Waals surface area (Å²) in [6.45, 7) is 8.85. The van der Waals surface area contributed by atoms with Crippen molar-refractivity contribution >= 4 is 21.8 Å². The number of carbonyl (C=O) groups excluding carboxylic acids is 1. The second kappa shape index (κ2) is 5.85. The maximum Gasteiger partial charge on any atom is 0.255 e. The van der Waals surface area contributed by atoms with Gasteiger partial charge in [0.2, 0.25) is 0 Å². The van der Waals surface area contributed by atoms with Crippen molar-refractivity contribution in [1.82, 2.24) is 9.80 Å². The van der Waals surface area contributed by atoms with E-state index in [0.717, 1.165) is 48.3 Å². The fourth-order valence-corrected chi connectivity index (χ4v) is 2.68. The van der Waals surface area contributed by atoms with Gasteiger partial charge in [0.15, 0.2) is 0 Å². The first-order chi connectivity index (χ1) is 8.63. The molecule has 0 saturated carbocycles. The summed E-state index contributed by atoms with van der Waals surface area (Å²) in [7, 11) is 0. The molecular weight excluding hydrogens is 292 g/mol. The van der Waals surface area contributed by atoms with Crippen LogP contribution in [0.15, 0.2) is 22.7 Å². The molecule has 1 aromatic rings. The predicted octanol–water partition coefficient (Wildman–Crippen LogP) is 2.54. The van der Waals surface area contributed by atoms with E-state index in [1.807, 2.05) is 30.0 Å². The highest BCUT2D eigenvalue weighted by Gasteiger charge is 2.22. The van der Waals surface area contributed by atoms with Gasteiger partial charge in [-0.15, -0.1) is 0 Å². The van der Waals surface area contributed by atoms with Gasteiger partial charge in [0, 0.05) is 30.7 Å². The Balaban J connectivity index is 2.10. The third-order valence-corrected chi connectivity index (χ3v) is 4.58. The number of hydrogen-bond acceptors (Lipinski definition) is 2. The van der Waals surface area contributed by atoms with Crippen LogP contribution in [0.2, 0.25) is 0 Å². The minimum atomic E-state index is 0.140. The number of benzene rings is 1. The molecule has 1 fully saturated rings. The van der Waals surface area contributed by atoms with Crippen molar-refractivity contribution in [3.63, 3.8) is 0 Å². The lowest BCUT2D eigenvalue weighted by Crippen LogP contribution is -2.48. The summed E-state index contributed by atoms with van der Waals surface area (Å²) in [4.78, 5) is 16.8. The molecule has 0 aromatic heterocycles. The first-order valence-corrected chi connectivity index (χ1v) is 7.19. The molecule has 1 aliphatic rings. The summed E-state index contributed by atoms with van der Waals surface area (Å²) in [6, 6.07) is 5.84. The molecule has 1 heterocycles. The molecular formula is C14H19BrN2O. The number of likely N-dealkylation sites (N-methyl/N-ethyl adjacent to an activating group) is 1. The highest BCUT2D eigenvalue weighted by Crippen LogP contribution is 2.22. The van der Waals surface area contributed by atoms with Crippen LogP contribution in [0.1, 0.15) is 22.8 Å². The first-order valence-electron chi connectivity index (χ1n) is 6.40. The molecule has 98 valence electrons. The fraction of sp³-hybridized carbons (Fsp3) is 0.500. The molecule has 1 aromatic carbocycles. The van der Waals surface area contributed by atoms with Crippen molar-refractivity contribution in [2.24, 2.45) is 0 Å². The summed E-state index contributed by atoms with van der Waals surface area (Å²) in [5.74, 6) is 0.140. The SMILES string of the molecule is CCN1CCN(C(=O)c2cccc(C)c2Br)CC1. The molecule has 1 saturated heterocycles. The molecule has 0 spiro atoms. The van der Waals surface area contributed by atoms with Gasteiger partial charge in [0.25, 0.3) is 5.91 Å². The Hall–Kier alpha value is -0.870. The van der Waals surface area contributed by atoms with Crippen molar-refractivity contribution in [2.45, 2.75) is 13.8 Å². The van der Waals surface area contributed by atoms with Gasteiger partial charge in [-0.3, -0.25) is 4.79 Å². The smallest absolute Gasteiger partial charge is 0.255 e. The van der Waals surface area contributed by atoms with Crippen molar-refractivity contribution in [3.8, 4) is 0 Å². The van der Waals surface area contributed by atoms with Gasteiger partial charge >= 0.3 is 0 Å². The minimum absolute atomic E-state index is 0.140. The van der Waals surface area contributed by atoms with E-state index in [2.05, 4.69) is 27.8 Å². The molecule has 18 heavy (non-hydrogen) atoms. The van der Waals surface area contributed by atoms with Gasteiger partial charge in [-0.2, -0.15) is 0 Å². The molecule has 2 rings (SSSR count). The van der Waals surface area contributed by atoms with Crippen molar-refractivity contribution < 1.29 is 4.79 Å². The Morgan fingerprint density at radius 3 is 2.56 bits per heavy atom. The average Bonchev–Trinajstić information content (AvgIpc) is 2.41. The molecule has 4 heteroatoms. The highest BCUT2D eigenvalue weighted by molar-refractivity contribution is 9.10. The number of aryl methyl sites for hydroxylation is 1. The Bertz CT molecular complexity index is 439. The highest BCUT2D eigenvalue weighted by atomic mass is 79.9. The lowest BCUT2D eigenvalue weighted by Gasteiger charge is -2.34. The average molecular weight is 311 g/mol. The number of piperazine rings is 1. The molecule has 0 aliphatic carbocycles. The summed E-state index contributed by atoms with van der Waals surface area (Å²) >= 11 is 3.52. The van der Waals surface area contributed by atoms with Gasteiger partial charge < -0.3 is 9.80 Å². The maximum absolute atomic E-state index is 12.4. The predicted molar refractivity (Wildman–Crippen MR) is 76.9 cm³/mol. The quantitative estimate of drug-likeness (QED) is 0.838. The molecule has 0 unspecified atom stereocenters. The van der Waals surface area contributed by atoms with Gasteiger partial charge in [0.05, 0.1) is 5.56 Å². The van der Waals surface area contributed by atoms with Crippen LogP contribution in [-0.2, 0) is 0 Å². The standard InChI is InChI=1S/C14H19BrN2O/c1-3-16-7-9-17(10-8-16)14(18)12-6-4-5-11(2)13(12)15/h4-6H,3,7-10H2,1-2H3. The molecule has 1 amide bonds. The first kappa shape index (κ1) is 13.6. The summed E-state index contributed by atoms with van der Waals surface area (Å²) < 4.78 is 0.924. The maximum atomic E-state index is 12.4.